The Morgan fingerprint density at radius 1 is 1.41 bits per heavy atom. The summed E-state index contributed by atoms with van der Waals surface area (Å²) in [5.74, 6) is 1.00. The summed E-state index contributed by atoms with van der Waals surface area (Å²) in [4.78, 5) is 18.5. The Hall–Kier alpha value is -0.970. The fourth-order valence-electron chi connectivity index (χ4n) is 1.44. The molecular weight excluding hydrogens is 236 g/mol. The molecule has 0 aliphatic carbocycles. The molecular formula is C12H20N2O2S. The molecule has 1 aromatic rings. The summed E-state index contributed by atoms with van der Waals surface area (Å²) in [5, 5.41) is 10.2. The maximum atomic E-state index is 11.8. The highest BCUT2D eigenvalue weighted by atomic mass is 32.2. The second-order valence-electron chi connectivity index (χ2n) is 4.43. The molecule has 96 valence electrons. The maximum Gasteiger partial charge on any atom is 0.258 e. The first-order chi connectivity index (χ1) is 7.95. The predicted molar refractivity (Wildman–Crippen MR) is 71.7 cm³/mol. The van der Waals surface area contributed by atoms with Gasteiger partial charge in [0.2, 0.25) is 5.88 Å². The van der Waals surface area contributed by atoms with Gasteiger partial charge in [0.25, 0.3) is 5.56 Å². The van der Waals surface area contributed by atoms with Crippen molar-refractivity contribution >= 4 is 11.8 Å². The normalized spacial score (nSPS) is 13.0. The van der Waals surface area contributed by atoms with E-state index in [-0.39, 0.29) is 17.4 Å². The van der Waals surface area contributed by atoms with Gasteiger partial charge in [0.1, 0.15) is 5.82 Å². The maximum absolute atomic E-state index is 11.8. The zero-order valence-electron chi connectivity index (χ0n) is 10.8. The fourth-order valence-corrected chi connectivity index (χ4v) is 2.26. The van der Waals surface area contributed by atoms with Gasteiger partial charge in [0, 0.05) is 5.25 Å². The zero-order valence-corrected chi connectivity index (χ0v) is 11.6. The van der Waals surface area contributed by atoms with E-state index in [1.165, 1.54) is 0 Å². The van der Waals surface area contributed by atoms with Crippen LogP contribution in [0.5, 0.6) is 5.88 Å². The molecule has 0 spiro atoms. The highest BCUT2D eigenvalue weighted by Crippen LogP contribution is 2.21. The van der Waals surface area contributed by atoms with Crippen molar-refractivity contribution in [3.8, 4) is 5.88 Å². The van der Waals surface area contributed by atoms with Gasteiger partial charge in [0.15, 0.2) is 0 Å². The molecule has 1 atom stereocenters. The third-order valence-electron chi connectivity index (χ3n) is 2.64. The summed E-state index contributed by atoms with van der Waals surface area (Å²) >= 11 is 1.72. The molecule has 1 heterocycles. The molecule has 2 N–H and O–H groups in total. The molecule has 0 fully saturated rings. The summed E-state index contributed by atoms with van der Waals surface area (Å²) in [7, 11) is 0. The number of rotatable bonds is 5. The largest absolute Gasteiger partial charge is 0.493 e. The Morgan fingerprint density at radius 2 is 2.06 bits per heavy atom. The van der Waals surface area contributed by atoms with E-state index in [1.807, 2.05) is 13.8 Å². The molecule has 1 rings (SSSR count). The third-order valence-corrected chi connectivity index (χ3v) is 3.98. The number of aromatic amines is 1. The van der Waals surface area contributed by atoms with Crippen LogP contribution in [-0.4, -0.2) is 20.3 Å². The van der Waals surface area contributed by atoms with E-state index < -0.39 is 0 Å². The molecule has 17 heavy (non-hydrogen) atoms. The first-order valence-electron chi connectivity index (χ1n) is 5.89. The lowest BCUT2D eigenvalue weighted by molar-refractivity contribution is 0.437. The van der Waals surface area contributed by atoms with Gasteiger partial charge in [-0.2, -0.15) is 16.7 Å². The van der Waals surface area contributed by atoms with Crippen molar-refractivity contribution in [2.75, 3.05) is 0 Å². The van der Waals surface area contributed by atoms with Gasteiger partial charge in [-0.3, -0.25) is 4.79 Å². The SMILES string of the molecule is CCC(C)SCc1nc(O)c(C(C)C)c(=O)[nH]1. The quantitative estimate of drug-likeness (QED) is 0.850. The second-order valence-corrected chi connectivity index (χ2v) is 5.86. The number of nitrogens with zero attached hydrogens (tertiary/aromatic N) is 1. The molecule has 0 aliphatic heterocycles. The number of hydrogen-bond acceptors (Lipinski definition) is 4. The van der Waals surface area contributed by atoms with Crippen molar-refractivity contribution in [3.63, 3.8) is 0 Å². The van der Waals surface area contributed by atoms with Crippen LogP contribution in [0.25, 0.3) is 0 Å². The Balaban J connectivity index is 2.88. The summed E-state index contributed by atoms with van der Waals surface area (Å²) < 4.78 is 0. The van der Waals surface area contributed by atoms with E-state index in [4.69, 9.17) is 0 Å². The molecule has 0 radical (unpaired) electrons. The van der Waals surface area contributed by atoms with Crippen molar-refractivity contribution in [3.05, 3.63) is 21.7 Å². The van der Waals surface area contributed by atoms with Crippen LogP contribution >= 0.6 is 11.8 Å². The van der Waals surface area contributed by atoms with Crippen LogP contribution in [0.4, 0.5) is 0 Å². The van der Waals surface area contributed by atoms with Gasteiger partial charge in [-0.1, -0.05) is 27.7 Å². The topological polar surface area (TPSA) is 66.0 Å². The summed E-state index contributed by atoms with van der Waals surface area (Å²) in [6.45, 7) is 7.97. The summed E-state index contributed by atoms with van der Waals surface area (Å²) in [6.07, 6.45) is 1.07. The van der Waals surface area contributed by atoms with Crippen molar-refractivity contribution in [1.29, 1.82) is 0 Å². The molecule has 0 amide bonds. The number of hydrogen-bond donors (Lipinski definition) is 2. The summed E-state index contributed by atoms with van der Waals surface area (Å²) in [6, 6.07) is 0. The minimum atomic E-state index is -0.229. The minimum absolute atomic E-state index is 0.0254. The van der Waals surface area contributed by atoms with Crippen molar-refractivity contribution in [1.82, 2.24) is 9.97 Å². The zero-order chi connectivity index (χ0) is 13.0. The van der Waals surface area contributed by atoms with E-state index in [2.05, 4.69) is 23.8 Å². The Bertz CT molecular complexity index is 429. The molecule has 4 nitrogen and oxygen atoms in total. The standard InChI is InChI=1S/C12H20N2O2S/c1-5-8(4)17-6-9-13-11(15)10(7(2)3)12(16)14-9/h7-8H,5-6H2,1-4H3,(H2,13,14,15,16). The average Bonchev–Trinajstić information content (AvgIpc) is 2.24. The molecule has 0 saturated carbocycles. The summed E-state index contributed by atoms with van der Waals surface area (Å²) in [5.41, 5.74) is 0.134. The van der Waals surface area contributed by atoms with Gasteiger partial charge < -0.3 is 10.1 Å². The van der Waals surface area contributed by atoms with E-state index >= 15 is 0 Å². The van der Waals surface area contributed by atoms with E-state index in [0.29, 0.717) is 22.4 Å². The molecule has 0 bridgehead atoms. The van der Waals surface area contributed by atoms with Crippen molar-refractivity contribution in [2.24, 2.45) is 0 Å². The number of H-pyrrole nitrogens is 1. The number of aromatic nitrogens is 2. The Morgan fingerprint density at radius 3 is 2.53 bits per heavy atom. The van der Waals surface area contributed by atoms with Crippen LogP contribution in [0.3, 0.4) is 0 Å². The van der Waals surface area contributed by atoms with Crippen LogP contribution in [0, 0.1) is 0 Å². The minimum Gasteiger partial charge on any atom is -0.493 e. The van der Waals surface area contributed by atoms with Crippen molar-refractivity contribution < 1.29 is 5.11 Å². The average molecular weight is 256 g/mol. The first kappa shape index (κ1) is 14.1. The van der Waals surface area contributed by atoms with Gasteiger partial charge in [-0.05, 0) is 12.3 Å². The van der Waals surface area contributed by atoms with Gasteiger partial charge in [-0.25, -0.2) is 0 Å². The Kier molecular flexibility index (Phi) is 5.05. The number of nitrogens with one attached hydrogen (secondary N) is 1. The lowest BCUT2D eigenvalue weighted by atomic mass is 10.1. The van der Waals surface area contributed by atoms with E-state index in [0.717, 1.165) is 6.42 Å². The highest BCUT2D eigenvalue weighted by molar-refractivity contribution is 7.99. The third kappa shape index (κ3) is 3.77. The molecule has 0 aliphatic rings. The number of aromatic hydroxyl groups is 1. The highest BCUT2D eigenvalue weighted by Gasteiger charge is 2.14. The van der Waals surface area contributed by atoms with Crippen LogP contribution < -0.4 is 5.56 Å². The fraction of sp³-hybridized carbons (Fsp3) is 0.667. The number of thioether (sulfide) groups is 1. The van der Waals surface area contributed by atoms with Crippen LogP contribution in [-0.2, 0) is 5.75 Å². The van der Waals surface area contributed by atoms with Gasteiger partial charge in [0.05, 0.1) is 11.3 Å². The van der Waals surface area contributed by atoms with E-state index in [9.17, 15) is 9.90 Å². The molecule has 0 aromatic carbocycles. The first-order valence-corrected chi connectivity index (χ1v) is 6.94. The van der Waals surface area contributed by atoms with Gasteiger partial charge in [-0.15, -0.1) is 0 Å². The Labute approximate surface area is 106 Å². The lowest BCUT2D eigenvalue weighted by Crippen LogP contribution is -2.17. The van der Waals surface area contributed by atoms with E-state index in [1.54, 1.807) is 11.8 Å². The molecule has 1 unspecified atom stereocenters. The lowest BCUT2D eigenvalue weighted by Gasteiger charge is -2.10. The second kappa shape index (κ2) is 6.10. The smallest absolute Gasteiger partial charge is 0.258 e. The van der Waals surface area contributed by atoms with Crippen molar-refractivity contribution in [2.45, 2.75) is 51.0 Å². The monoisotopic (exact) mass is 256 g/mol. The molecule has 5 heteroatoms. The molecule has 1 aromatic heterocycles. The van der Waals surface area contributed by atoms with Crippen LogP contribution in [0.15, 0.2) is 4.79 Å². The molecule has 0 saturated heterocycles. The predicted octanol–water partition coefficient (Wildman–Crippen LogP) is 2.63. The van der Waals surface area contributed by atoms with Crippen LogP contribution in [0.1, 0.15) is 51.4 Å². The van der Waals surface area contributed by atoms with Gasteiger partial charge >= 0.3 is 0 Å². The van der Waals surface area contributed by atoms with Crippen LogP contribution in [0.2, 0.25) is 0 Å².